The molecule has 0 aliphatic carbocycles. The van der Waals surface area contributed by atoms with Crippen LogP contribution in [0.4, 0.5) is 0 Å². The molecule has 26 heavy (non-hydrogen) atoms. The second-order valence-electron chi connectivity index (χ2n) is 5.79. The fraction of sp³-hybridized carbons (Fsp3) is 0.211. The van der Waals surface area contributed by atoms with E-state index in [1.165, 1.54) is 0 Å². The van der Waals surface area contributed by atoms with Gasteiger partial charge in [0, 0.05) is 5.75 Å². The van der Waals surface area contributed by atoms with E-state index >= 15 is 0 Å². The minimum Gasteiger partial charge on any atom is -0.486 e. The Morgan fingerprint density at radius 1 is 1.15 bits per heavy atom. The normalized spacial score (nSPS) is 13.6. The number of fused-ring (bicyclic) bond motifs is 1. The van der Waals surface area contributed by atoms with E-state index in [0.29, 0.717) is 17.6 Å². The SMILES string of the molecule is O=C(Cn1c(COc2ccccc2)nc2ccccc21)NC1=NCCS1. The number of carbonyl (C=O) groups excluding carboxylic acids is 1. The van der Waals surface area contributed by atoms with Crippen LogP contribution in [0.1, 0.15) is 5.82 Å². The van der Waals surface area contributed by atoms with Crippen LogP contribution in [0, 0.1) is 0 Å². The van der Waals surface area contributed by atoms with Gasteiger partial charge in [-0.2, -0.15) is 0 Å². The van der Waals surface area contributed by atoms with E-state index in [1.807, 2.05) is 59.2 Å². The molecule has 1 N–H and O–H groups in total. The zero-order valence-electron chi connectivity index (χ0n) is 14.1. The van der Waals surface area contributed by atoms with Gasteiger partial charge in [-0.05, 0) is 24.3 Å². The summed E-state index contributed by atoms with van der Waals surface area (Å²) in [6, 6.07) is 17.4. The predicted octanol–water partition coefficient (Wildman–Crippen LogP) is 2.83. The first-order chi connectivity index (χ1) is 12.8. The van der Waals surface area contributed by atoms with E-state index < -0.39 is 0 Å². The number of nitrogens with one attached hydrogen (secondary N) is 1. The fourth-order valence-electron chi connectivity index (χ4n) is 2.79. The lowest BCUT2D eigenvalue weighted by Gasteiger charge is -2.10. The number of amidine groups is 1. The number of carbonyl (C=O) groups is 1. The summed E-state index contributed by atoms with van der Waals surface area (Å²) >= 11 is 1.57. The zero-order chi connectivity index (χ0) is 17.8. The Bertz CT molecular complexity index is 953. The number of nitrogens with zero attached hydrogens (tertiary/aromatic N) is 3. The number of hydrogen-bond donors (Lipinski definition) is 1. The van der Waals surface area contributed by atoms with Crippen molar-refractivity contribution < 1.29 is 9.53 Å². The van der Waals surface area contributed by atoms with Crippen molar-refractivity contribution in [2.75, 3.05) is 12.3 Å². The summed E-state index contributed by atoms with van der Waals surface area (Å²) in [5.41, 5.74) is 1.76. The Balaban J connectivity index is 1.56. The van der Waals surface area contributed by atoms with Crippen LogP contribution in [0.25, 0.3) is 11.0 Å². The number of para-hydroxylation sites is 3. The van der Waals surface area contributed by atoms with Crippen LogP contribution >= 0.6 is 11.8 Å². The Kier molecular flexibility index (Phi) is 4.88. The topological polar surface area (TPSA) is 68.5 Å². The highest BCUT2D eigenvalue weighted by molar-refractivity contribution is 8.14. The molecule has 0 bridgehead atoms. The highest BCUT2D eigenvalue weighted by Gasteiger charge is 2.16. The first-order valence-electron chi connectivity index (χ1n) is 8.39. The summed E-state index contributed by atoms with van der Waals surface area (Å²) in [7, 11) is 0. The molecule has 4 rings (SSSR count). The molecule has 0 atom stereocenters. The largest absolute Gasteiger partial charge is 0.486 e. The lowest BCUT2D eigenvalue weighted by molar-refractivity contribution is -0.120. The second kappa shape index (κ2) is 7.61. The van der Waals surface area contributed by atoms with Crippen LogP contribution in [-0.4, -0.2) is 32.9 Å². The van der Waals surface area contributed by atoms with Crippen molar-refractivity contribution in [2.45, 2.75) is 13.2 Å². The number of hydrogen-bond acceptors (Lipinski definition) is 5. The molecule has 3 aromatic rings. The molecule has 7 heteroatoms. The molecule has 1 aliphatic heterocycles. The molecule has 0 saturated heterocycles. The second-order valence-corrected chi connectivity index (χ2v) is 6.87. The number of ether oxygens (including phenoxy) is 1. The smallest absolute Gasteiger partial charge is 0.245 e. The van der Waals surface area contributed by atoms with Crippen LogP contribution in [0.5, 0.6) is 5.75 Å². The summed E-state index contributed by atoms with van der Waals surface area (Å²) in [4.78, 5) is 21.3. The standard InChI is InChI=1S/C19H18N4O2S/c24-18(22-19-20-10-11-26-19)12-23-16-9-5-4-8-15(16)21-17(23)13-25-14-6-2-1-3-7-14/h1-9H,10-13H2,(H,20,22,24). The number of benzene rings is 2. The molecular formula is C19H18N4O2S. The van der Waals surface area contributed by atoms with Crippen LogP contribution < -0.4 is 10.1 Å². The Morgan fingerprint density at radius 2 is 1.96 bits per heavy atom. The molecule has 0 spiro atoms. The molecule has 0 fully saturated rings. The van der Waals surface area contributed by atoms with Crippen molar-refractivity contribution in [3.05, 3.63) is 60.4 Å². The monoisotopic (exact) mass is 366 g/mol. The maximum atomic E-state index is 12.4. The number of aliphatic imine (C=N–C) groups is 1. The van der Waals surface area contributed by atoms with Gasteiger partial charge >= 0.3 is 0 Å². The number of rotatable bonds is 5. The quantitative estimate of drug-likeness (QED) is 0.754. The van der Waals surface area contributed by atoms with Crippen molar-refractivity contribution in [3.8, 4) is 5.75 Å². The third kappa shape index (κ3) is 3.72. The molecule has 2 heterocycles. The lowest BCUT2D eigenvalue weighted by atomic mass is 10.3. The fourth-order valence-corrected chi connectivity index (χ4v) is 3.53. The Hall–Kier alpha value is -2.80. The lowest BCUT2D eigenvalue weighted by Crippen LogP contribution is -2.31. The van der Waals surface area contributed by atoms with Crippen LogP contribution in [0.3, 0.4) is 0 Å². The first-order valence-corrected chi connectivity index (χ1v) is 9.37. The van der Waals surface area contributed by atoms with Crippen LogP contribution in [0.15, 0.2) is 59.6 Å². The van der Waals surface area contributed by atoms with Gasteiger partial charge in [-0.15, -0.1) is 0 Å². The van der Waals surface area contributed by atoms with Gasteiger partial charge in [-0.3, -0.25) is 9.79 Å². The average molecular weight is 366 g/mol. The number of amides is 1. The van der Waals surface area contributed by atoms with Gasteiger partial charge in [0.1, 0.15) is 24.7 Å². The Labute approximate surface area is 155 Å². The van der Waals surface area contributed by atoms with Gasteiger partial charge in [0.25, 0.3) is 0 Å². The van der Waals surface area contributed by atoms with E-state index in [4.69, 9.17) is 4.74 Å². The molecular weight excluding hydrogens is 348 g/mol. The zero-order valence-corrected chi connectivity index (χ0v) is 14.9. The van der Waals surface area contributed by atoms with Crippen molar-refractivity contribution >= 4 is 33.9 Å². The molecule has 6 nitrogen and oxygen atoms in total. The maximum absolute atomic E-state index is 12.4. The number of aromatic nitrogens is 2. The third-order valence-corrected chi connectivity index (χ3v) is 4.87. The van der Waals surface area contributed by atoms with Gasteiger partial charge in [0.2, 0.25) is 5.91 Å². The van der Waals surface area contributed by atoms with E-state index in [-0.39, 0.29) is 12.5 Å². The summed E-state index contributed by atoms with van der Waals surface area (Å²) in [5, 5.41) is 3.56. The van der Waals surface area contributed by atoms with Crippen molar-refractivity contribution in [1.82, 2.24) is 14.9 Å². The summed E-state index contributed by atoms with van der Waals surface area (Å²) in [6.45, 7) is 1.22. The average Bonchev–Trinajstić information content (AvgIpc) is 3.29. The van der Waals surface area contributed by atoms with E-state index in [2.05, 4.69) is 15.3 Å². The van der Waals surface area contributed by atoms with E-state index in [1.54, 1.807) is 11.8 Å². The molecule has 2 aromatic carbocycles. The van der Waals surface area contributed by atoms with Gasteiger partial charge in [-0.25, -0.2) is 4.98 Å². The highest BCUT2D eigenvalue weighted by atomic mass is 32.2. The highest BCUT2D eigenvalue weighted by Crippen LogP contribution is 2.18. The molecule has 0 saturated carbocycles. The summed E-state index contributed by atoms with van der Waals surface area (Å²) < 4.78 is 7.73. The van der Waals surface area contributed by atoms with Crippen LogP contribution in [0.2, 0.25) is 0 Å². The maximum Gasteiger partial charge on any atom is 0.245 e. The summed E-state index contributed by atoms with van der Waals surface area (Å²) in [5.74, 6) is 2.29. The van der Waals surface area contributed by atoms with E-state index in [0.717, 1.165) is 29.1 Å². The van der Waals surface area contributed by atoms with E-state index in [9.17, 15) is 4.79 Å². The van der Waals surface area contributed by atoms with Crippen molar-refractivity contribution in [1.29, 1.82) is 0 Å². The predicted molar refractivity (Wildman–Crippen MR) is 103 cm³/mol. The minimum absolute atomic E-state index is 0.109. The molecule has 0 radical (unpaired) electrons. The summed E-state index contributed by atoms with van der Waals surface area (Å²) in [6.07, 6.45) is 0. The van der Waals surface area contributed by atoms with Crippen LogP contribution in [-0.2, 0) is 17.9 Å². The van der Waals surface area contributed by atoms with Crippen molar-refractivity contribution in [3.63, 3.8) is 0 Å². The molecule has 0 unspecified atom stereocenters. The van der Waals surface area contributed by atoms with Gasteiger partial charge in [0.05, 0.1) is 17.6 Å². The van der Waals surface area contributed by atoms with Crippen molar-refractivity contribution in [2.24, 2.45) is 4.99 Å². The van der Waals surface area contributed by atoms with Gasteiger partial charge < -0.3 is 14.6 Å². The number of thioether (sulfide) groups is 1. The minimum atomic E-state index is -0.109. The molecule has 1 aromatic heterocycles. The Morgan fingerprint density at radius 3 is 2.77 bits per heavy atom. The molecule has 1 aliphatic rings. The van der Waals surface area contributed by atoms with Gasteiger partial charge in [-0.1, -0.05) is 42.1 Å². The third-order valence-electron chi connectivity index (χ3n) is 3.98. The first kappa shape index (κ1) is 16.7. The number of imidazole rings is 1. The molecule has 1 amide bonds. The molecule has 132 valence electrons. The van der Waals surface area contributed by atoms with Gasteiger partial charge in [0.15, 0.2) is 5.17 Å².